The lowest BCUT2D eigenvalue weighted by atomic mass is 9.96. The van der Waals surface area contributed by atoms with Crippen LogP contribution in [0.1, 0.15) is 18.4 Å². The molecule has 0 fully saturated rings. The van der Waals surface area contributed by atoms with Crippen molar-refractivity contribution in [3.8, 4) is 11.1 Å². The van der Waals surface area contributed by atoms with Crippen molar-refractivity contribution >= 4 is 17.8 Å². The number of hydrogen-bond acceptors (Lipinski definition) is 4. The molecule has 136 valence electrons. The van der Waals surface area contributed by atoms with E-state index in [1.165, 1.54) is 6.07 Å². The molecule has 0 aliphatic heterocycles. The molecular weight excluding hydrogens is 339 g/mol. The van der Waals surface area contributed by atoms with Crippen LogP contribution in [0.2, 0.25) is 0 Å². The van der Waals surface area contributed by atoms with Crippen molar-refractivity contribution in [1.82, 2.24) is 10.6 Å². The van der Waals surface area contributed by atoms with Gasteiger partial charge < -0.3 is 20.5 Å². The number of nitrogens with one attached hydrogen (secondary N) is 2. The van der Waals surface area contributed by atoms with E-state index in [1.54, 1.807) is 31.2 Å². The Labute approximate surface area is 150 Å². The van der Waals surface area contributed by atoms with Gasteiger partial charge in [-0.1, -0.05) is 42.5 Å². The number of aliphatic carboxylic acids is 1. The number of rotatable bonds is 7. The Morgan fingerprint density at radius 1 is 1.04 bits per heavy atom. The summed E-state index contributed by atoms with van der Waals surface area (Å²) in [5.74, 6) is -3.67. The lowest BCUT2D eigenvalue weighted by Crippen LogP contribution is -2.43. The van der Waals surface area contributed by atoms with E-state index in [9.17, 15) is 23.9 Å². The van der Waals surface area contributed by atoms with E-state index in [4.69, 9.17) is 0 Å². The van der Waals surface area contributed by atoms with Crippen LogP contribution in [0.15, 0.2) is 48.5 Å². The van der Waals surface area contributed by atoms with Crippen LogP contribution in [-0.4, -0.2) is 30.9 Å². The monoisotopic (exact) mass is 357 g/mol. The molecule has 0 saturated carbocycles. The van der Waals surface area contributed by atoms with Crippen LogP contribution in [0.25, 0.3) is 11.1 Å². The van der Waals surface area contributed by atoms with Crippen LogP contribution in [0, 0.1) is 5.82 Å². The van der Waals surface area contributed by atoms with E-state index in [0.717, 1.165) is 5.56 Å². The number of hydrogen-bond donors (Lipinski definition) is 2. The quantitative estimate of drug-likeness (QED) is 0.757. The van der Waals surface area contributed by atoms with Gasteiger partial charge in [0.25, 0.3) is 0 Å². The number of amides is 2. The number of benzene rings is 2. The van der Waals surface area contributed by atoms with Gasteiger partial charge in [0.05, 0.1) is 25.0 Å². The Hall–Kier alpha value is -3.22. The van der Waals surface area contributed by atoms with Gasteiger partial charge in [0, 0.05) is 5.56 Å². The summed E-state index contributed by atoms with van der Waals surface area (Å²) in [6.07, 6.45) is 0. The molecule has 0 aromatic heterocycles. The van der Waals surface area contributed by atoms with Crippen LogP contribution in [0.5, 0.6) is 0 Å². The lowest BCUT2D eigenvalue weighted by molar-refractivity contribution is -0.304. The summed E-state index contributed by atoms with van der Waals surface area (Å²) in [7, 11) is 0. The summed E-state index contributed by atoms with van der Waals surface area (Å²) in [5, 5.41) is 14.7. The highest BCUT2D eigenvalue weighted by Gasteiger charge is 2.18. The highest BCUT2D eigenvalue weighted by atomic mass is 19.1. The van der Waals surface area contributed by atoms with Crippen molar-refractivity contribution in [2.45, 2.75) is 12.8 Å². The molecule has 0 saturated heterocycles. The molecular formula is C19H18FN2O4-. The molecule has 2 amide bonds. The molecule has 6 nitrogen and oxygen atoms in total. The van der Waals surface area contributed by atoms with E-state index in [-0.39, 0.29) is 6.54 Å². The minimum Gasteiger partial charge on any atom is -0.548 e. The molecule has 0 heterocycles. The average molecular weight is 357 g/mol. The summed E-state index contributed by atoms with van der Waals surface area (Å²) >= 11 is 0. The summed E-state index contributed by atoms with van der Waals surface area (Å²) in [6, 6.07) is 13.6. The summed E-state index contributed by atoms with van der Waals surface area (Å²) in [5.41, 5.74) is 1.64. The van der Waals surface area contributed by atoms with Gasteiger partial charge >= 0.3 is 0 Å². The molecule has 2 aromatic carbocycles. The Kier molecular flexibility index (Phi) is 6.43. The maximum Gasteiger partial charge on any atom is 0.239 e. The first-order valence-corrected chi connectivity index (χ1v) is 7.97. The van der Waals surface area contributed by atoms with E-state index >= 15 is 0 Å². The topological polar surface area (TPSA) is 98.3 Å². The Balaban J connectivity index is 1.99. The van der Waals surface area contributed by atoms with Gasteiger partial charge in [-0.25, -0.2) is 4.39 Å². The molecule has 0 aliphatic rings. The molecule has 7 heteroatoms. The molecule has 2 aromatic rings. The molecule has 0 spiro atoms. The van der Waals surface area contributed by atoms with Gasteiger partial charge in [0.15, 0.2) is 0 Å². The van der Waals surface area contributed by atoms with E-state index in [1.807, 2.05) is 18.2 Å². The first-order valence-electron chi connectivity index (χ1n) is 7.97. The molecule has 0 radical (unpaired) electrons. The molecule has 0 bridgehead atoms. The molecule has 26 heavy (non-hydrogen) atoms. The highest BCUT2D eigenvalue weighted by Crippen LogP contribution is 2.26. The second-order valence-electron chi connectivity index (χ2n) is 5.69. The SMILES string of the molecule is C[C@H](C(=O)NCC(=O)NCC(=O)[O-])c1ccc(-c2ccccc2)c(F)c1. The van der Waals surface area contributed by atoms with Gasteiger partial charge in [0.2, 0.25) is 11.8 Å². The fourth-order valence-corrected chi connectivity index (χ4v) is 2.36. The molecule has 2 N–H and O–H groups in total. The normalized spacial score (nSPS) is 11.5. The van der Waals surface area contributed by atoms with Crippen molar-refractivity contribution in [2.75, 3.05) is 13.1 Å². The Morgan fingerprint density at radius 3 is 2.35 bits per heavy atom. The van der Waals surface area contributed by atoms with Crippen molar-refractivity contribution in [1.29, 1.82) is 0 Å². The van der Waals surface area contributed by atoms with Gasteiger partial charge in [-0.2, -0.15) is 0 Å². The van der Waals surface area contributed by atoms with Crippen LogP contribution < -0.4 is 15.7 Å². The third kappa shape index (κ3) is 5.14. The van der Waals surface area contributed by atoms with Gasteiger partial charge in [-0.15, -0.1) is 0 Å². The van der Waals surface area contributed by atoms with Gasteiger partial charge in [0.1, 0.15) is 5.82 Å². The summed E-state index contributed by atoms with van der Waals surface area (Å²) < 4.78 is 14.4. The number of carbonyl (C=O) groups is 3. The number of carboxylic acids is 1. The smallest absolute Gasteiger partial charge is 0.239 e. The second-order valence-corrected chi connectivity index (χ2v) is 5.69. The summed E-state index contributed by atoms with van der Waals surface area (Å²) in [4.78, 5) is 33.7. The first-order chi connectivity index (χ1) is 12.4. The fourth-order valence-electron chi connectivity index (χ4n) is 2.36. The van der Waals surface area contributed by atoms with Crippen molar-refractivity contribution < 1.29 is 23.9 Å². The third-order valence-corrected chi connectivity index (χ3v) is 3.82. The number of halogens is 1. The molecule has 0 unspecified atom stereocenters. The van der Waals surface area contributed by atoms with Crippen molar-refractivity contribution in [2.24, 2.45) is 0 Å². The minimum absolute atomic E-state index is 0.374. The zero-order valence-electron chi connectivity index (χ0n) is 14.1. The van der Waals surface area contributed by atoms with E-state index in [2.05, 4.69) is 10.6 Å². The first kappa shape index (κ1) is 19.1. The zero-order chi connectivity index (χ0) is 19.1. The molecule has 2 rings (SSSR count). The van der Waals surface area contributed by atoms with E-state index in [0.29, 0.717) is 11.1 Å². The standard InChI is InChI=1S/C19H19FN2O4/c1-12(19(26)22-10-17(23)21-11-18(24)25)14-7-8-15(16(20)9-14)13-5-3-2-4-6-13/h2-9,12H,10-11H2,1H3,(H,21,23)(H,22,26)(H,24,25)/p-1/t12-/m0/s1. The predicted octanol–water partition coefficient (Wildman–Crippen LogP) is 0.579. The summed E-state index contributed by atoms with van der Waals surface area (Å²) in [6.45, 7) is 0.586. The van der Waals surface area contributed by atoms with Crippen molar-refractivity contribution in [3.63, 3.8) is 0 Å². The average Bonchev–Trinajstić information content (AvgIpc) is 2.64. The van der Waals surface area contributed by atoms with Crippen LogP contribution >= 0.6 is 0 Å². The second kappa shape index (κ2) is 8.75. The lowest BCUT2D eigenvalue weighted by Gasteiger charge is -2.14. The largest absolute Gasteiger partial charge is 0.548 e. The van der Waals surface area contributed by atoms with Gasteiger partial charge in [-0.3, -0.25) is 9.59 Å². The van der Waals surface area contributed by atoms with Crippen LogP contribution in [0.4, 0.5) is 4.39 Å². The molecule has 1 atom stereocenters. The van der Waals surface area contributed by atoms with Crippen LogP contribution in [-0.2, 0) is 14.4 Å². The third-order valence-electron chi connectivity index (χ3n) is 3.82. The maximum atomic E-state index is 14.4. The van der Waals surface area contributed by atoms with Crippen LogP contribution in [0.3, 0.4) is 0 Å². The predicted molar refractivity (Wildman–Crippen MR) is 91.3 cm³/mol. The zero-order valence-corrected chi connectivity index (χ0v) is 14.1. The minimum atomic E-state index is -1.42. The van der Waals surface area contributed by atoms with Gasteiger partial charge in [-0.05, 0) is 24.1 Å². The Bertz CT molecular complexity index is 808. The highest BCUT2D eigenvalue weighted by molar-refractivity contribution is 5.89. The number of carbonyl (C=O) groups excluding carboxylic acids is 3. The fraction of sp³-hybridized carbons (Fsp3) is 0.211. The maximum absolute atomic E-state index is 14.4. The number of carboxylic acid groups (broad SMARTS) is 1. The van der Waals surface area contributed by atoms with Crippen molar-refractivity contribution in [3.05, 3.63) is 59.9 Å². The Morgan fingerprint density at radius 2 is 1.73 bits per heavy atom. The van der Waals surface area contributed by atoms with E-state index < -0.39 is 36.1 Å². The molecule has 0 aliphatic carbocycles.